The van der Waals surface area contributed by atoms with E-state index in [1.165, 1.54) is 11.2 Å². The number of anilines is 1. The molecule has 0 atom stereocenters. The molecule has 0 unspecified atom stereocenters. The SMILES string of the molecule is FC1(F)CCN(c2ncc3[nH]cnc3n2)C1. The Labute approximate surface area is 89.5 Å². The van der Waals surface area contributed by atoms with E-state index in [4.69, 9.17) is 0 Å². The zero-order valence-corrected chi connectivity index (χ0v) is 8.32. The largest absolute Gasteiger partial charge is 0.342 e. The maximum absolute atomic E-state index is 13.0. The summed E-state index contributed by atoms with van der Waals surface area (Å²) in [7, 11) is 0. The van der Waals surface area contributed by atoms with E-state index in [0.717, 1.165) is 0 Å². The number of fused-ring (bicyclic) bond motifs is 1. The van der Waals surface area contributed by atoms with Crippen molar-refractivity contribution in [2.45, 2.75) is 12.3 Å². The second kappa shape index (κ2) is 3.10. The summed E-state index contributed by atoms with van der Waals surface area (Å²) in [6.45, 7) is -0.0359. The zero-order valence-electron chi connectivity index (χ0n) is 8.32. The van der Waals surface area contributed by atoms with Crippen LogP contribution in [0.4, 0.5) is 14.7 Å². The van der Waals surface area contributed by atoms with Crippen LogP contribution in [0.25, 0.3) is 11.2 Å². The molecule has 3 heterocycles. The summed E-state index contributed by atoms with van der Waals surface area (Å²) in [6.07, 6.45) is 2.91. The van der Waals surface area contributed by atoms with Crippen LogP contribution in [0, 0.1) is 0 Å². The number of alkyl halides is 2. The summed E-state index contributed by atoms with van der Waals surface area (Å²) in [5.74, 6) is -2.32. The quantitative estimate of drug-likeness (QED) is 0.792. The Hall–Kier alpha value is -1.79. The Bertz CT molecular complexity index is 523. The van der Waals surface area contributed by atoms with E-state index in [1.807, 2.05) is 0 Å². The fourth-order valence-electron chi connectivity index (χ4n) is 1.79. The van der Waals surface area contributed by atoms with Gasteiger partial charge in [-0.15, -0.1) is 0 Å². The molecule has 0 bridgehead atoms. The van der Waals surface area contributed by atoms with Gasteiger partial charge in [0.05, 0.1) is 19.1 Å². The number of rotatable bonds is 1. The molecule has 3 rings (SSSR count). The van der Waals surface area contributed by atoms with Crippen molar-refractivity contribution in [3.05, 3.63) is 12.5 Å². The number of nitrogens with zero attached hydrogens (tertiary/aromatic N) is 4. The topological polar surface area (TPSA) is 57.7 Å². The first-order valence-electron chi connectivity index (χ1n) is 4.93. The molecule has 84 valence electrons. The van der Waals surface area contributed by atoms with E-state index >= 15 is 0 Å². The number of halogens is 2. The number of imidazole rings is 1. The fraction of sp³-hybridized carbons (Fsp3) is 0.444. The third-order valence-electron chi connectivity index (χ3n) is 2.62. The molecule has 0 aromatic carbocycles. The van der Waals surface area contributed by atoms with Gasteiger partial charge in [-0.05, 0) is 0 Å². The van der Waals surface area contributed by atoms with E-state index in [2.05, 4.69) is 19.9 Å². The highest BCUT2D eigenvalue weighted by Gasteiger charge is 2.39. The van der Waals surface area contributed by atoms with Gasteiger partial charge in [-0.3, -0.25) is 0 Å². The molecule has 0 spiro atoms. The van der Waals surface area contributed by atoms with Crippen LogP contribution >= 0.6 is 0 Å². The van der Waals surface area contributed by atoms with Crippen molar-refractivity contribution in [2.75, 3.05) is 18.0 Å². The summed E-state index contributed by atoms with van der Waals surface area (Å²) >= 11 is 0. The lowest BCUT2D eigenvalue weighted by molar-refractivity contribution is 0.0256. The van der Waals surface area contributed by atoms with Crippen molar-refractivity contribution in [3.8, 4) is 0 Å². The van der Waals surface area contributed by atoms with Gasteiger partial charge in [-0.25, -0.2) is 18.7 Å². The molecule has 1 aliphatic heterocycles. The van der Waals surface area contributed by atoms with Gasteiger partial charge >= 0.3 is 0 Å². The minimum absolute atomic E-state index is 0.144. The van der Waals surface area contributed by atoms with Gasteiger partial charge < -0.3 is 9.88 Å². The molecule has 0 radical (unpaired) electrons. The van der Waals surface area contributed by atoms with Crippen molar-refractivity contribution in [3.63, 3.8) is 0 Å². The highest BCUT2D eigenvalue weighted by atomic mass is 19.3. The summed E-state index contributed by atoms with van der Waals surface area (Å²) in [5, 5.41) is 0. The number of hydrogen-bond acceptors (Lipinski definition) is 4. The van der Waals surface area contributed by atoms with Crippen LogP contribution < -0.4 is 4.90 Å². The van der Waals surface area contributed by atoms with Crippen LogP contribution in [0.5, 0.6) is 0 Å². The molecule has 0 aliphatic carbocycles. The Kier molecular flexibility index (Phi) is 1.83. The van der Waals surface area contributed by atoms with Gasteiger partial charge in [0.15, 0.2) is 5.65 Å². The minimum atomic E-state index is -2.64. The standard InChI is InChI=1S/C9H9F2N5/c10-9(11)1-2-16(4-9)8-12-3-6-7(15-8)14-5-13-6/h3,5H,1-2,4H2,(H,12,13,14,15). The monoisotopic (exact) mass is 225 g/mol. The molecule has 5 nitrogen and oxygen atoms in total. The van der Waals surface area contributed by atoms with Gasteiger partial charge in [0.2, 0.25) is 5.95 Å². The average molecular weight is 225 g/mol. The van der Waals surface area contributed by atoms with E-state index in [9.17, 15) is 8.78 Å². The van der Waals surface area contributed by atoms with Crippen molar-refractivity contribution in [2.24, 2.45) is 0 Å². The van der Waals surface area contributed by atoms with Gasteiger partial charge in [-0.2, -0.15) is 4.98 Å². The van der Waals surface area contributed by atoms with Crippen LogP contribution in [0.1, 0.15) is 6.42 Å². The van der Waals surface area contributed by atoms with Gasteiger partial charge in [-0.1, -0.05) is 0 Å². The van der Waals surface area contributed by atoms with Gasteiger partial charge in [0.1, 0.15) is 5.52 Å². The molecule has 16 heavy (non-hydrogen) atoms. The first kappa shape index (κ1) is 9.44. The molecule has 1 N–H and O–H groups in total. The fourth-order valence-corrected chi connectivity index (χ4v) is 1.79. The Morgan fingerprint density at radius 3 is 3.00 bits per heavy atom. The van der Waals surface area contributed by atoms with Crippen LogP contribution in [-0.4, -0.2) is 38.9 Å². The second-order valence-electron chi connectivity index (χ2n) is 3.84. The Morgan fingerprint density at radius 2 is 2.25 bits per heavy atom. The van der Waals surface area contributed by atoms with Crippen molar-refractivity contribution >= 4 is 17.1 Å². The molecular formula is C9H9F2N5. The van der Waals surface area contributed by atoms with Crippen molar-refractivity contribution in [1.29, 1.82) is 0 Å². The smallest absolute Gasteiger partial charge is 0.267 e. The molecular weight excluding hydrogens is 216 g/mol. The summed E-state index contributed by atoms with van der Waals surface area (Å²) in [6, 6.07) is 0. The highest BCUT2D eigenvalue weighted by molar-refractivity contribution is 5.69. The van der Waals surface area contributed by atoms with Crippen LogP contribution in [0.15, 0.2) is 12.5 Å². The molecule has 7 heteroatoms. The van der Waals surface area contributed by atoms with Crippen LogP contribution in [-0.2, 0) is 0 Å². The molecule has 1 aliphatic rings. The van der Waals surface area contributed by atoms with Crippen molar-refractivity contribution in [1.82, 2.24) is 19.9 Å². The number of H-pyrrole nitrogens is 1. The predicted molar refractivity (Wildman–Crippen MR) is 53.5 cm³/mol. The normalized spacial score (nSPS) is 19.5. The lowest BCUT2D eigenvalue weighted by Gasteiger charge is -2.14. The summed E-state index contributed by atoms with van der Waals surface area (Å²) in [4.78, 5) is 16.5. The first-order chi connectivity index (χ1) is 7.64. The van der Waals surface area contributed by atoms with Gasteiger partial charge in [0.25, 0.3) is 5.92 Å². The highest BCUT2D eigenvalue weighted by Crippen LogP contribution is 2.29. The Balaban J connectivity index is 1.94. The maximum Gasteiger partial charge on any atom is 0.267 e. The van der Waals surface area contributed by atoms with Crippen molar-refractivity contribution < 1.29 is 8.78 Å². The van der Waals surface area contributed by atoms with E-state index in [0.29, 0.717) is 17.1 Å². The predicted octanol–water partition coefficient (Wildman–Crippen LogP) is 1.20. The zero-order chi connectivity index (χ0) is 11.2. The molecule has 0 saturated carbocycles. The molecule has 2 aromatic heterocycles. The lowest BCUT2D eigenvalue weighted by Crippen LogP contribution is -2.26. The molecule has 2 aromatic rings. The number of aromatic amines is 1. The van der Waals surface area contributed by atoms with Crippen LogP contribution in [0.3, 0.4) is 0 Å². The number of nitrogens with one attached hydrogen (secondary N) is 1. The van der Waals surface area contributed by atoms with E-state index in [-0.39, 0.29) is 19.5 Å². The first-order valence-corrected chi connectivity index (χ1v) is 4.93. The third kappa shape index (κ3) is 1.48. The number of aromatic nitrogens is 4. The molecule has 1 fully saturated rings. The van der Waals surface area contributed by atoms with Gasteiger partial charge in [0, 0.05) is 13.0 Å². The Morgan fingerprint density at radius 1 is 1.38 bits per heavy atom. The molecule has 1 saturated heterocycles. The summed E-state index contributed by atoms with van der Waals surface area (Å²) < 4.78 is 26.0. The van der Waals surface area contributed by atoms with Crippen LogP contribution in [0.2, 0.25) is 0 Å². The molecule has 0 amide bonds. The van der Waals surface area contributed by atoms with E-state index < -0.39 is 5.92 Å². The third-order valence-corrected chi connectivity index (χ3v) is 2.62. The summed E-state index contributed by atoms with van der Waals surface area (Å²) in [5.41, 5.74) is 1.20. The average Bonchev–Trinajstić information content (AvgIpc) is 2.82. The maximum atomic E-state index is 13.0. The number of hydrogen-bond donors (Lipinski definition) is 1. The second-order valence-corrected chi connectivity index (χ2v) is 3.84. The van der Waals surface area contributed by atoms with E-state index in [1.54, 1.807) is 6.20 Å². The lowest BCUT2D eigenvalue weighted by atomic mass is 10.3. The minimum Gasteiger partial charge on any atom is -0.342 e.